The minimum absolute atomic E-state index is 0.0588. The van der Waals surface area contributed by atoms with Gasteiger partial charge in [0.05, 0.1) is 12.1 Å². The van der Waals surface area contributed by atoms with Crippen LogP contribution in [-0.4, -0.2) is 24.9 Å². The molecule has 0 aliphatic carbocycles. The maximum Gasteiger partial charge on any atom is 0.416 e. The molecule has 1 atom stereocenters. The third-order valence-corrected chi connectivity index (χ3v) is 3.86. The van der Waals surface area contributed by atoms with E-state index < -0.39 is 17.6 Å². The maximum absolute atomic E-state index is 12.5. The summed E-state index contributed by atoms with van der Waals surface area (Å²) in [7, 11) is 0. The van der Waals surface area contributed by atoms with Gasteiger partial charge in [-0.1, -0.05) is 37.3 Å². The highest BCUT2D eigenvalue weighted by Gasteiger charge is 2.30. The van der Waals surface area contributed by atoms with Gasteiger partial charge in [-0.05, 0) is 35.7 Å². The van der Waals surface area contributed by atoms with Gasteiger partial charge in [-0.25, -0.2) is 0 Å². The van der Waals surface area contributed by atoms with Crippen molar-refractivity contribution in [3.05, 3.63) is 71.3 Å². The lowest BCUT2D eigenvalue weighted by molar-refractivity contribution is -0.137. The molecule has 0 unspecified atom stereocenters. The predicted octanol–water partition coefficient (Wildman–Crippen LogP) is 3.36. The molecule has 0 spiro atoms. The molecule has 0 bridgehead atoms. The van der Waals surface area contributed by atoms with Crippen molar-refractivity contribution in [2.24, 2.45) is 0 Å². The first-order valence-electron chi connectivity index (χ1n) is 8.04. The van der Waals surface area contributed by atoms with Crippen molar-refractivity contribution in [3.8, 4) is 0 Å². The SMILES string of the molecule is C[C@@H](CNC(=O)CNC(=O)c1ccc(C(F)(F)F)cc1)c1ccccc1. The van der Waals surface area contributed by atoms with Gasteiger partial charge < -0.3 is 10.6 Å². The highest BCUT2D eigenvalue weighted by atomic mass is 19.4. The molecule has 2 rings (SSSR count). The van der Waals surface area contributed by atoms with Crippen LogP contribution >= 0.6 is 0 Å². The minimum atomic E-state index is -4.45. The first-order valence-corrected chi connectivity index (χ1v) is 8.04. The molecule has 0 radical (unpaired) electrons. The fourth-order valence-corrected chi connectivity index (χ4v) is 2.30. The third-order valence-electron chi connectivity index (χ3n) is 3.86. The average Bonchev–Trinajstić information content (AvgIpc) is 2.64. The fraction of sp³-hybridized carbons (Fsp3) is 0.263. The summed E-state index contributed by atoms with van der Waals surface area (Å²) in [6.45, 7) is 2.14. The molecule has 0 heterocycles. The van der Waals surface area contributed by atoms with Crippen molar-refractivity contribution >= 4 is 11.8 Å². The number of hydrogen-bond donors (Lipinski definition) is 2. The number of amides is 2. The van der Waals surface area contributed by atoms with Crippen LogP contribution < -0.4 is 10.6 Å². The Labute approximate surface area is 149 Å². The van der Waals surface area contributed by atoms with Crippen LogP contribution in [-0.2, 0) is 11.0 Å². The van der Waals surface area contributed by atoms with E-state index in [9.17, 15) is 22.8 Å². The minimum Gasteiger partial charge on any atom is -0.354 e. The molecule has 2 N–H and O–H groups in total. The van der Waals surface area contributed by atoms with Gasteiger partial charge in [-0.15, -0.1) is 0 Å². The molecule has 0 saturated heterocycles. The van der Waals surface area contributed by atoms with Crippen molar-refractivity contribution in [1.29, 1.82) is 0 Å². The Morgan fingerprint density at radius 1 is 0.962 bits per heavy atom. The summed E-state index contributed by atoms with van der Waals surface area (Å²) in [6, 6.07) is 13.5. The molecule has 0 aliphatic heterocycles. The van der Waals surface area contributed by atoms with Crippen LogP contribution in [0.4, 0.5) is 13.2 Å². The molecule has 26 heavy (non-hydrogen) atoms. The Balaban J connectivity index is 1.79. The van der Waals surface area contributed by atoms with Gasteiger partial charge in [-0.2, -0.15) is 13.2 Å². The first-order chi connectivity index (χ1) is 12.3. The maximum atomic E-state index is 12.5. The molecule has 0 aromatic heterocycles. The lowest BCUT2D eigenvalue weighted by atomic mass is 10.0. The van der Waals surface area contributed by atoms with Gasteiger partial charge in [0.2, 0.25) is 5.91 Å². The second-order valence-corrected chi connectivity index (χ2v) is 5.87. The van der Waals surface area contributed by atoms with E-state index in [1.165, 1.54) is 0 Å². The molecule has 2 aromatic rings. The number of benzene rings is 2. The quantitative estimate of drug-likeness (QED) is 0.826. The molecule has 4 nitrogen and oxygen atoms in total. The number of rotatable bonds is 6. The number of halogens is 3. The molecule has 0 fully saturated rings. The molecule has 138 valence electrons. The van der Waals surface area contributed by atoms with Gasteiger partial charge in [0.1, 0.15) is 0 Å². The number of hydrogen-bond acceptors (Lipinski definition) is 2. The van der Waals surface area contributed by atoms with E-state index in [4.69, 9.17) is 0 Å². The average molecular weight is 364 g/mol. The zero-order chi connectivity index (χ0) is 19.2. The Kier molecular flexibility index (Phi) is 6.38. The van der Waals surface area contributed by atoms with Crippen LogP contribution in [0.5, 0.6) is 0 Å². The van der Waals surface area contributed by atoms with Crippen molar-refractivity contribution < 1.29 is 22.8 Å². The van der Waals surface area contributed by atoms with Gasteiger partial charge in [-0.3, -0.25) is 9.59 Å². The summed E-state index contributed by atoms with van der Waals surface area (Å²) < 4.78 is 37.5. The number of carbonyl (C=O) groups is 2. The van der Waals surface area contributed by atoms with Gasteiger partial charge in [0.15, 0.2) is 0 Å². The normalized spacial score (nSPS) is 12.3. The predicted molar refractivity (Wildman–Crippen MR) is 91.6 cm³/mol. The van der Waals surface area contributed by atoms with Crippen LogP contribution in [0.25, 0.3) is 0 Å². The molecule has 0 aliphatic rings. The Morgan fingerprint density at radius 2 is 1.58 bits per heavy atom. The van der Waals surface area contributed by atoms with Gasteiger partial charge in [0.25, 0.3) is 5.91 Å². The topological polar surface area (TPSA) is 58.2 Å². The Hall–Kier alpha value is -2.83. The first kappa shape index (κ1) is 19.5. The van der Waals surface area contributed by atoms with Gasteiger partial charge in [0, 0.05) is 12.1 Å². The monoisotopic (exact) mass is 364 g/mol. The lowest BCUT2D eigenvalue weighted by Gasteiger charge is -2.13. The highest BCUT2D eigenvalue weighted by Crippen LogP contribution is 2.29. The van der Waals surface area contributed by atoms with Crippen molar-refractivity contribution in [3.63, 3.8) is 0 Å². The van der Waals surface area contributed by atoms with E-state index in [0.29, 0.717) is 6.54 Å². The van der Waals surface area contributed by atoms with Crippen LogP contribution in [0.1, 0.15) is 34.3 Å². The van der Waals surface area contributed by atoms with Gasteiger partial charge >= 0.3 is 6.18 Å². The number of carbonyl (C=O) groups excluding carboxylic acids is 2. The Bertz CT molecular complexity index is 744. The number of nitrogens with one attached hydrogen (secondary N) is 2. The molecular formula is C19H19F3N2O2. The molecule has 7 heteroatoms. The van der Waals surface area contributed by atoms with Crippen molar-refractivity contribution in [1.82, 2.24) is 10.6 Å². The van der Waals surface area contributed by atoms with Crippen molar-refractivity contribution in [2.45, 2.75) is 19.0 Å². The van der Waals surface area contributed by atoms with E-state index in [1.54, 1.807) is 0 Å². The van der Waals surface area contributed by atoms with Crippen LogP contribution in [0.15, 0.2) is 54.6 Å². The molecule has 2 aromatic carbocycles. The molecule has 2 amide bonds. The van der Waals surface area contributed by atoms with Crippen LogP contribution in [0, 0.1) is 0 Å². The second-order valence-electron chi connectivity index (χ2n) is 5.87. The van der Waals surface area contributed by atoms with E-state index in [-0.39, 0.29) is 23.9 Å². The zero-order valence-corrected chi connectivity index (χ0v) is 14.1. The lowest BCUT2D eigenvalue weighted by Crippen LogP contribution is -2.38. The third kappa shape index (κ3) is 5.61. The Morgan fingerprint density at radius 3 is 2.15 bits per heavy atom. The summed E-state index contributed by atoms with van der Waals surface area (Å²) >= 11 is 0. The largest absolute Gasteiger partial charge is 0.416 e. The fourth-order valence-electron chi connectivity index (χ4n) is 2.30. The van der Waals surface area contributed by atoms with E-state index in [1.807, 2.05) is 37.3 Å². The van der Waals surface area contributed by atoms with Crippen LogP contribution in [0.2, 0.25) is 0 Å². The van der Waals surface area contributed by atoms with Crippen LogP contribution in [0.3, 0.4) is 0 Å². The summed E-state index contributed by atoms with van der Waals surface area (Å²) in [4.78, 5) is 23.7. The second kappa shape index (κ2) is 8.51. The van der Waals surface area contributed by atoms with Crippen molar-refractivity contribution in [2.75, 3.05) is 13.1 Å². The summed E-state index contributed by atoms with van der Waals surface area (Å²) in [5, 5.41) is 5.10. The summed E-state index contributed by atoms with van der Waals surface area (Å²) in [5.41, 5.74) is 0.312. The zero-order valence-electron chi connectivity index (χ0n) is 14.1. The smallest absolute Gasteiger partial charge is 0.354 e. The standard InChI is InChI=1S/C19H19F3N2O2/c1-13(14-5-3-2-4-6-14)11-23-17(25)12-24-18(26)15-7-9-16(10-8-15)19(20,21)22/h2-10,13H,11-12H2,1H3,(H,23,25)(H,24,26)/t13-/m0/s1. The van der Waals surface area contributed by atoms with E-state index >= 15 is 0 Å². The molecular weight excluding hydrogens is 345 g/mol. The van der Waals surface area contributed by atoms with E-state index in [0.717, 1.165) is 29.8 Å². The molecule has 0 saturated carbocycles. The number of alkyl halides is 3. The summed E-state index contributed by atoms with van der Waals surface area (Å²) in [6.07, 6.45) is -4.45. The van der Waals surface area contributed by atoms with E-state index in [2.05, 4.69) is 10.6 Å². The summed E-state index contributed by atoms with van der Waals surface area (Å²) in [5.74, 6) is -0.858. The highest BCUT2D eigenvalue weighted by molar-refractivity contribution is 5.96.